The summed E-state index contributed by atoms with van der Waals surface area (Å²) >= 11 is 0. The van der Waals surface area contributed by atoms with E-state index in [1.54, 1.807) is 0 Å². The van der Waals surface area contributed by atoms with Crippen molar-refractivity contribution in [2.45, 2.75) is 12.8 Å². The molecule has 78 valence electrons. The van der Waals surface area contributed by atoms with E-state index in [1.165, 1.54) is 0 Å². The maximum Gasteiger partial charge on any atom is 0.420 e. The van der Waals surface area contributed by atoms with Gasteiger partial charge in [0.2, 0.25) is 0 Å². The van der Waals surface area contributed by atoms with Crippen molar-refractivity contribution in [3.05, 3.63) is 29.1 Å². The number of alkyl halides is 3. The first-order chi connectivity index (χ1) is 6.36. The summed E-state index contributed by atoms with van der Waals surface area (Å²) in [7, 11) is 0. The van der Waals surface area contributed by atoms with Crippen molar-refractivity contribution in [1.82, 2.24) is 0 Å². The van der Waals surface area contributed by atoms with Crippen LogP contribution in [0.3, 0.4) is 0 Å². The van der Waals surface area contributed by atoms with Crippen LogP contribution in [0.5, 0.6) is 5.75 Å². The topological polar surface area (TPSA) is 40.5 Å². The van der Waals surface area contributed by atoms with E-state index in [0.717, 1.165) is 0 Å². The maximum atomic E-state index is 12.7. The lowest BCUT2D eigenvalue weighted by molar-refractivity contribution is -0.139. The zero-order chi connectivity index (χ0) is 10.9. The molecular formula is C8H6F4O2. The highest BCUT2D eigenvalue weighted by atomic mass is 19.4. The molecule has 0 spiro atoms. The fraction of sp³-hybridized carbons (Fsp3) is 0.250. The standard InChI is InChI=1S/C8H6F4O2/c9-6-2-4(3-13)1-5(7(6)14)8(10,11)12/h1-2,13-14H,3H2. The van der Waals surface area contributed by atoms with E-state index in [2.05, 4.69) is 0 Å². The van der Waals surface area contributed by atoms with Crippen LogP contribution in [-0.4, -0.2) is 10.2 Å². The third kappa shape index (κ3) is 1.95. The first kappa shape index (κ1) is 10.8. The van der Waals surface area contributed by atoms with E-state index in [-0.39, 0.29) is 5.56 Å². The summed E-state index contributed by atoms with van der Waals surface area (Å²) in [5.74, 6) is -2.85. The Labute approximate surface area is 76.4 Å². The van der Waals surface area contributed by atoms with Crippen LogP contribution in [0.25, 0.3) is 0 Å². The number of aliphatic hydroxyl groups excluding tert-OH is 1. The SMILES string of the molecule is OCc1cc(F)c(O)c(C(F)(F)F)c1. The molecule has 0 bridgehead atoms. The summed E-state index contributed by atoms with van der Waals surface area (Å²) in [5, 5.41) is 17.3. The molecule has 0 saturated heterocycles. The zero-order valence-corrected chi connectivity index (χ0v) is 6.77. The third-order valence-electron chi connectivity index (χ3n) is 1.61. The summed E-state index contributed by atoms with van der Waals surface area (Å²) in [6.45, 7) is -0.722. The Morgan fingerprint density at radius 2 is 1.79 bits per heavy atom. The second kappa shape index (κ2) is 3.45. The number of phenolic OH excluding ortho intramolecular Hbond substituents is 1. The molecule has 1 aromatic rings. The second-order valence-corrected chi connectivity index (χ2v) is 2.63. The van der Waals surface area contributed by atoms with E-state index < -0.39 is 29.9 Å². The van der Waals surface area contributed by atoms with Crippen LogP contribution >= 0.6 is 0 Å². The normalized spacial score (nSPS) is 11.8. The smallest absolute Gasteiger partial charge is 0.420 e. The summed E-state index contributed by atoms with van der Waals surface area (Å²) < 4.78 is 49.1. The minimum atomic E-state index is -4.84. The lowest BCUT2D eigenvalue weighted by Crippen LogP contribution is -2.07. The largest absolute Gasteiger partial charge is 0.504 e. The average molecular weight is 210 g/mol. The van der Waals surface area contributed by atoms with Crippen LogP contribution in [0, 0.1) is 5.82 Å². The Hall–Kier alpha value is -1.30. The molecule has 0 saturated carbocycles. The molecule has 0 radical (unpaired) electrons. The molecule has 2 nitrogen and oxygen atoms in total. The van der Waals surface area contributed by atoms with Crippen LogP contribution in [0.15, 0.2) is 12.1 Å². The Morgan fingerprint density at radius 1 is 1.21 bits per heavy atom. The molecule has 2 N–H and O–H groups in total. The molecule has 0 unspecified atom stereocenters. The van der Waals surface area contributed by atoms with Gasteiger partial charge in [0, 0.05) is 0 Å². The number of benzene rings is 1. The van der Waals surface area contributed by atoms with Crippen LogP contribution in [-0.2, 0) is 12.8 Å². The molecule has 0 aromatic heterocycles. The van der Waals surface area contributed by atoms with Crippen molar-refractivity contribution in [3.8, 4) is 5.75 Å². The molecule has 0 atom stereocenters. The Morgan fingerprint density at radius 3 is 2.21 bits per heavy atom. The Bertz CT molecular complexity index is 346. The first-order valence-electron chi connectivity index (χ1n) is 3.55. The number of halogens is 4. The average Bonchev–Trinajstić information content (AvgIpc) is 2.07. The Kier molecular flexibility index (Phi) is 2.66. The highest BCUT2D eigenvalue weighted by Crippen LogP contribution is 2.37. The summed E-state index contributed by atoms with van der Waals surface area (Å²) in [5.41, 5.74) is -1.73. The summed E-state index contributed by atoms with van der Waals surface area (Å²) in [4.78, 5) is 0. The predicted molar refractivity (Wildman–Crippen MR) is 39.0 cm³/mol. The van der Waals surface area contributed by atoms with Crippen molar-refractivity contribution in [3.63, 3.8) is 0 Å². The van der Waals surface area contributed by atoms with E-state index in [4.69, 9.17) is 10.2 Å². The molecule has 1 rings (SSSR count). The molecule has 0 aliphatic heterocycles. The van der Waals surface area contributed by atoms with Gasteiger partial charge in [0.25, 0.3) is 0 Å². The molecule has 0 amide bonds. The minimum Gasteiger partial charge on any atom is -0.504 e. The van der Waals surface area contributed by atoms with E-state index >= 15 is 0 Å². The van der Waals surface area contributed by atoms with Crippen molar-refractivity contribution < 1.29 is 27.8 Å². The molecule has 0 aliphatic carbocycles. The number of rotatable bonds is 1. The van der Waals surface area contributed by atoms with Gasteiger partial charge in [0.15, 0.2) is 11.6 Å². The van der Waals surface area contributed by atoms with Crippen molar-refractivity contribution in [2.75, 3.05) is 0 Å². The Balaban J connectivity index is 3.35. The van der Waals surface area contributed by atoms with Crippen LogP contribution in [0.2, 0.25) is 0 Å². The first-order valence-corrected chi connectivity index (χ1v) is 3.55. The third-order valence-corrected chi connectivity index (χ3v) is 1.61. The van der Waals surface area contributed by atoms with Crippen molar-refractivity contribution in [1.29, 1.82) is 0 Å². The number of hydrogen-bond acceptors (Lipinski definition) is 2. The van der Waals surface area contributed by atoms with Crippen molar-refractivity contribution in [2.24, 2.45) is 0 Å². The molecule has 0 aliphatic rings. The maximum absolute atomic E-state index is 12.7. The highest BCUT2D eigenvalue weighted by molar-refractivity contribution is 5.39. The summed E-state index contributed by atoms with van der Waals surface area (Å²) in [6.07, 6.45) is -4.84. The molecular weight excluding hydrogens is 204 g/mol. The molecule has 1 aromatic carbocycles. The number of aromatic hydroxyl groups is 1. The predicted octanol–water partition coefficient (Wildman–Crippen LogP) is 2.04. The number of aliphatic hydroxyl groups is 1. The van der Waals surface area contributed by atoms with Crippen LogP contribution < -0.4 is 0 Å². The molecule has 14 heavy (non-hydrogen) atoms. The molecule has 0 fully saturated rings. The quantitative estimate of drug-likeness (QED) is 0.696. The van der Waals surface area contributed by atoms with Gasteiger partial charge < -0.3 is 10.2 Å². The van der Waals surface area contributed by atoms with Crippen LogP contribution in [0.4, 0.5) is 17.6 Å². The van der Waals surface area contributed by atoms with E-state index in [9.17, 15) is 17.6 Å². The van der Waals surface area contributed by atoms with Gasteiger partial charge in [0.1, 0.15) is 5.56 Å². The minimum absolute atomic E-state index is 0.243. The fourth-order valence-electron chi connectivity index (χ4n) is 0.963. The van der Waals surface area contributed by atoms with Crippen molar-refractivity contribution >= 4 is 0 Å². The zero-order valence-electron chi connectivity index (χ0n) is 6.77. The van der Waals surface area contributed by atoms with Gasteiger partial charge in [-0.25, -0.2) is 4.39 Å². The number of hydrogen-bond donors (Lipinski definition) is 2. The van der Waals surface area contributed by atoms with Gasteiger partial charge in [-0.3, -0.25) is 0 Å². The van der Waals surface area contributed by atoms with E-state index in [0.29, 0.717) is 12.1 Å². The molecule has 6 heteroatoms. The van der Waals surface area contributed by atoms with Gasteiger partial charge >= 0.3 is 6.18 Å². The molecule has 0 heterocycles. The van der Waals surface area contributed by atoms with Gasteiger partial charge in [0.05, 0.1) is 6.61 Å². The van der Waals surface area contributed by atoms with E-state index in [1.807, 2.05) is 0 Å². The summed E-state index contributed by atoms with van der Waals surface area (Å²) in [6, 6.07) is 1.14. The lowest BCUT2D eigenvalue weighted by atomic mass is 10.1. The van der Waals surface area contributed by atoms with Gasteiger partial charge in [-0.2, -0.15) is 13.2 Å². The highest BCUT2D eigenvalue weighted by Gasteiger charge is 2.35. The second-order valence-electron chi connectivity index (χ2n) is 2.63. The lowest BCUT2D eigenvalue weighted by Gasteiger charge is -2.10. The van der Waals surface area contributed by atoms with Gasteiger partial charge in [-0.1, -0.05) is 0 Å². The monoisotopic (exact) mass is 210 g/mol. The van der Waals surface area contributed by atoms with Gasteiger partial charge in [-0.15, -0.1) is 0 Å². The fourth-order valence-corrected chi connectivity index (χ4v) is 0.963. The van der Waals surface area contributed by atoms with Crippen LogP contribution in [0.1, 0.15) is 11.1 Å². The van der Waals surface area contributed by atoms with Gasteiger partial charge in [-0.05, 0) is 17.7 Å². The number of phenols is 1.